The third-order valence-electron chi connectivity index (χ3n) is 6.63. The van der Waals surface area contributed by atoms with E-state index in [9.17, 15) is 4.79 Å². The number of hydrogen-bond donors (Lipinski definition) is 4. The fourth-order valence-electron chi connectivity index (χ4n) is 4.88. The molecule has 2 aromatic carbocycles. The van der Waals surface area contributed by atoms with Crippen molar-refractivity contribution in [2.24, 2.45) is 5.73 Å². The lowest BCUT2D eigenvalue weighted by molar-refractivity contribution is -0.122. The number of fused-ring (bicyclic) bond motifs is 3. The van der Waals surface area contributed by atoms with Crippen LogP contribution in [0.1, 0.15) is 36.1 Å². The van der Waals surface area contributed by atoms with Crippen LogP contribution in [0.3, 0.4) is 0 Å². The van der Waals surface area contributed by atoms with Crippen LogP contribution >= 0.6 is 11.6 Å². The molecule has 5 rings (SSSR count). The van der Waals surface area contributed by atoms with Crippen LogP contribution in [-0.2, 0) is 24.1 Å². The molecule has 2 heterocycles. The van der Waals surface area contributed by atoms with Crippen LogP contribution in [0.4, 0.5) is 5.69 Å². The quantitative estimate of drug-likeness (QED) is 0.277. The number of carbonyl (C=O) groups is 1. The number of anilines is 1. The predicted octanol–water partition coefficient (Wildman–Crippen LogP) is 4.74. The zero-order chi connectivity index (χ0) is 23.5. The first kappa shape index (κ1) is 22.7. The second-order valence-electron chi connectivity index (χ2n) is 9.02. The number of amides is 1. The van der Waals surface area contributed by atoms with E-state index in [0.29, 0.717) is 18.0 Å². The molecule has 1 aliphatic carbocycles. The summed E-state index contributed by atoms with van der Waals surface area (Å²) in [6.07, 6.45) is 7.67. The zero-order valence-electron chi connectivity index (χ0n) is 19.2. The van der Waals surface area contributed by atoms with Crippen LogP contribution in [0.2, 0.25) is 5.02 Å². The molecule has 0 saturated heterocycles. The summed E-state index contributed by atoms with van der Waals surface area (Å²) in [7, 11) is 0. The smallest absolute Gasteiger partial charge is 0.237 e. The number of aromatic amines is 1. The van der Waals surface area contributed by atoms with Crippen LogP contribution in [0, 0.1) is 0 Å². The highest BCUT2D eigenvalue weighted by atomic mass is 35.5. The van der Waals surface area contributed by atoms with Crippen LogP contribution in [-0.4, -0.2) is 35.0 Å². The molecular weight excluding hydrogens is 446 g/mol. The third-order valence-corrected chi connectivity index (χ3v) is 6.87. The monoisotopic (exact) mass is 475 g/mol. The SMILES string of the molecule is N[C@@H](Cc1c[nH]c2ccccc12)C(=O)NCCCNc1c2c(nc3cc(Cl)ccc13)CCCC2. The molecule has 4 aromatic rings. The number of nitrogens with two attached hydrogens (primary N) is 1. The molecule has 2 aromatic heterocycles. The van der Waals surface area contributed by atoms with Gasteiger partial charge in [0.25, 0.3) is 0 Å². The van der Waals surface area contributed by atoms with Gasteiger partial charge >= 0.3 is 0 Å². The summed E-state index contributed by atoms with van der Waals surface area (Å²) >= 11 is 6.22. The largest absolute Gasteiger partial charge is 0.384 e. The summed E-state index contributed by atoms with van der Waals surface area (Å²) in [5.74, 6) is -0.119. The molecule has 0 fully saturated rings. The normalized spacial score (nSPS) is 14.2. The molecule has 5 N–H and O–H groups in total. The van der Waals surface area contributed by atoms with Crippen LogP contribution in [0.25, 0.3) is 21.8 Å². The third kappa shape index (κ3) is 4.74. The Kier molecular flexibility index (Phi) is 6.70. The van der Waals surface area contributed by atoms with Crippen molar-refractivity contribution in [3.63, 3.8) is 0 Å². The first-order valence-electron chi connectivity index (χ1n) is 12.0. The lowest BCUT2D eigenvalue weighted by Crippen LogP contribution is -2.42. The second kappa shape index (κ2) is 10.0. The number of halogens is 1. The van der Waals surface area contributed by atoms with Gasteiger partial charge in [-0.2, -0.15) is 0 Å². The van der Waals surface area contributed by atoms with Gasteiger partial charge in [-0.3, -0.25) is 9.78 Å². The van der Waals surface area contributed by atoms with E-state index in [0.717, 1.165) is 53.2 Å². The van der Waals surface area contributed by atoms with Gasteiger partial charge in [-0.05, 0) is 73.9 Å². The summed E-state index contributed by atoms with van der Waals surface area (Å²) in [6, 6.07) is 13.4. The molecule has 1 amide bonds. The minimum atomic E-state index is -0.576. The molecule has 0 radical (unpaired) electrons. The van der Waals surface area contributed by atoms with Gasteiger partial charge in [0.15, 0.2) is 0 Å². The van der Waals surface area contributed by atoms with E-state index in [1.54, 1.807) is 0 Å². The van der Waals surface area contributed by atoms with Crippen molar-refractivity contribution < 1.29 is 4.79 Å². The predicted molar refractivity (Wildman–Crippen MR) is 139 cm³/mol. The summed E-state index contributed by atoms with van der Waals surface area (Å²) in [5, 5.41) is 9.54. The Morgan fingerprint density at radius 1 is 1.12 bits per heavy atom. The summed E-state index contributed by atoms with van der Waals surface area (Å²) in [4.78, 5) is 20.7. The number of pyridine rings is 1. The standard InChI is InChI=1S/C27H30ClN5O/c28-18-10-11-21-25(15-18)33-24-9-4-2-7-20(24)26(21)30-12-5-13-31-27(34)22(29)14-17-16-32-23-8-3-1-6-19(17)23/h1,3,6,8,10-11,15-16,22,32H,2,4-5,7,9,12-14,29H2,(H,30,33)(H,31,34)/t22-/m0/s1. The number of para-hydroxylation sites is 1. The second-order valence-corrected chi connectivity index (χ2v) is 9.46. The Bertz CT molecular complexity index is 1330. The first-order valence-corrected chi connectivity index (χ1v) is 12.4. The fourth-order valence-corrected chi connectivity index (χ4v) is 5.04. The highest BCUT2D eigenvalue weighted by Gasteiger charge is 2.19. The van der Waals surface area contributed by atoms with Gasteiger partial charge in [0.05, 0.1) is 11.6 Å². The summed E-state index contributed by atoms with van der Waals surface area (Å²) < 4.78 is 0. The number of rotatable bonds is 8. The molecule has 0 unspecified atom stereocenters. The molecule has 7 heteroatoms. The van der Waals surface area contributed by atoms with Crippen molar-refractivity contribution in [2.75, 3.05) is 18.4 Å². The average Bonchev–Trinajstić information content (AvgIpc) is 3.25. The first-order chi connectivity index (χ1) is 16.6. The zero-order valence-corrected chi connectivity index (χ0v) is 19.9. The van der Waals surface area contributed by atoms with Crippen LogP contribution < -0.4 is 16.4 Å². The Morgan fingerprint density at radius 3 is 2.88 bits per heavy atom. The number of nitrogens with one attached hydrogen (secondary N) is 3. The molecule has 1 atom stereocenters. The van der Waals surface area contributed by atoms with Gasteiger partial charge in [0.2, 0.25) is 5.91 Å². The van der Waals surface area contributed by atoms with Gasteiger partial charge < -0.3 is 21.4 Å². The minimum absolute atomic E-state index is 0.119. The molecule has 0 saturated carbocycles. The molecule has 0 bridgehead atoms. The summed E-state index contributed by atoms with van der Waals surface area (Å²) in [6.45, 7) is 1.33. The van der Waals surface area contributed by atoms with E-state index in [1.165, 1.54) is 29.8 Å². The maximum absolute atomic E-state index is 12.5. The van der Waals surface area contributed by atoms with Crippen molar-refractivity contribution in [2.45, 2.75) is 44.6 Å². The highest BCUT2D eigenvalue weighted by Crippen LogP contribution is 2.34. The maximum Gasteiger partial charge on any atom is 0.237 e. The van der Waals surface area contributed by atoms with Crippen molar-refractivity contribution in [3.8, 4) is 0 Å². The number of nitrogens with zero attached hydrogens (tertiary/aromatic N) is 1. The lowest BCUT2D eigenvalue weighted by Gasteiger charge is -2.22. The van der Waals surface area contributed by atoms with Gasteiger partial charge in [0, 0.05) is 52.0 Å². The van der Waals surface area contributed by atoms with Gasteiger partial charge in [-0.25, -0.2) is 0 Å². The Labute approximate surface area is 204 Å². The number of H-pyrrole nitrogens is 1. The number of carbonyl (C=O) groups excluding carboxylic acids is 1. The molecule has 0 aliphatic heterocycles. The van der Waals surface area contributed by atoms with Crippen LogP contribution in [0.15, 0.2) is 48.7 Å². The van der Waals surface area contributed by atoms with Crippen molar-refractivity contribution in [1.29, 1.82) is 0 Å². The molecule has 1 aliphatic rings. The lowest BCUT2D eigenvalue weighted by atomic mass is 9.92. The Hall–Kier alpha value is -3.09. The van der Waals surface area contributed by atoms with E-state index in [4.69, 9.17) is 22.3 Å². The Balaban J connectivity index is 1.16. The number of aryl methyl sites for hydroxylation is 1. The van der Waals surface area contributed by atoms with Gasteiger partial charge in [-0.1, -0.05) is 29.8 Å². The highest BCUT2D eigenvalue weighted by molar-refractivity contribution is 6.31. The fraction of sp³-hybridized carbons (Fsp3) is 0.333. The van der Waals surface area contributed by atoms with Crippen molar-refractivity contribution in [3.05, 3.63) is 70.5 Å². The topological polar surface area (TPSA) is 95.8 Å². The maximum atomic E-state index is 12.5. The average molecular weight is 476 g/mol. The van der Waals surface area contributed by atoms with E-state index in [2.05, 4.69) is 15.6 Å². The molecule has 176 valence electrons. The van der Waals surface area contributed by atoms with E-state index >= 15 is 0 Å². The molecule has 6 nitrogen and oxygen atoms in total. The minimum Gasteiger partial charge on any atom is -0.384 e. The number of hydrogen-bond acceptors (Lipinski definition) is 4. The van der Waals surface area contributed by atoms with Gasteiger partial charge in [0.1, 0.15) is 0 Å². The molecule has 34 heavy (non-hydrogen) atoms. The van der Waals surface area contributed by atoms with E-state index in [1.807, 2.05) is 48.7 Å². The number of aromatic nitrogens is 2. The van der Waals surface area contributed by atoms with Crippen molar-refractivity contribution in [1.82, 2.24) is 15.3 Å². The van der Waals surface area contributed by atoms with E-state index in [-0.39, 0.29) is 5.91 Å². The van der Waals surface area contributed by atoms with Crippen LogP contribution in [0.5, 0.6) is 0 Å². The summed E-state index contributed by atoms with van der Waals surface area (Å²) in [5.41, 5.74) is 12.9. The van der Waals surface area contributed by atoms with Crippen molar-refractivity contribution >= 4 is 45.0 Å². The molecular formula is C27H30ClN5O. The molecule has 0 spiro atoms. The van der Waals surface area contributed by atoms with E-state index < -0.39 is 6.04 Å². The number of benzene rings is 2. The van der Waals surface area contributed by atoms with Gasteiger partial charge in [-0.15, -0.1) is 0 Å². The Morgan fingerprint density at radius 2 is 1.97 bits per heavy atom.